The van der Waals surface area contributed by atoms with Gasteiger partial charge in [0.2, 0.25) is 5.91 Å². The normalized spacial score (nSPS) is 11.5. The number of benzene rings is 2. The standard InChI is InChI=1S/C19H21N3O4/c1-13(17-5-4-6-18(11-17)22(25)26)21(3)19(24)16-9-7-15(8-10-16)12-20-14(2)23/h4-11,13H,12H2,1-3H3,(H,20,23)/t13-/m0/s1. The lowest BCUT2D eigenvalue weighted by Gasteiger charge is -2.25. The van der Waals surface area contributed by atoms with Crippen LogP contribution in [0.2, 0.25) is 0 Å². The van der Waals surface area contributed by atoms with Crippen LogP contribution >= 0.6 is 0 Å². The van der Waals surface area contributed by atoms with Gasteiger partial charge in [-0.25, -0.2) is 0 Å². The zero-order valence-corrected chi connectivity index (χ0v) is 14.9. The maximum atomic E-state index is 12.7. The largest absolute Gasteiger partial charge is 0.352 e. The van der Waals surface area contributed by atoms with Crippen molar-refractivity contribution in [2.45, 2.75) is 26.4 Å². The van der Waals surface area contributed by atoms with E-state index in [2.05, 4.69) is 5.32 Å². The van der Waals surface area contributed by atoms with E-state index in [0.29, 0.717) is 17.7 Å². The average Bonchev–Trinajstić information content (AvgIpc) is 2.65. The molecule has 0 unspecified atom stereocenters. The fourth-order valence-corrected chi connectivity index (χ4v) is 2.49. The van der Waals surface area contributed by atoms with E-state index in [-0.39, 0.29) is 23.5 Å². The third-order valence-corrected chi connectivity index (χ3v) is 4.21. The number of amides is 2. The summed E-state index contributed by atoms with van der Waals surface area (Å²) in [5.41, 5.74) is 2.09. The van der Waals surface area contributed by atoms with Crippen molar-refractivity contribution in [2.24, 2.45) is 0 Å². The maximum Gasteiger partial charge on any atom is 0.269 e. The second-order valence-electron chi connectivity index (χ2n) is 6.05. The van der Waals surface area contributed by atoms with Gasteiger partial charge in [0.25, 0.3) is 11.6 Å². The van der Waals surface area contributed by atoms with Crippen LogP contribution in [0.1, 0.15) is 41.4 Å². The minimum absolute atomic E-state index is 0.00229. The van der Waals surface area contributed by atoms with E-state index in [4.69, 9.17) is 0 Å². The Morgan fingerprint density at radius 2 is 1.85 bits per heavy atom. The molecule has 0 saturated heterocycles. The van der Waals surface area contributed by atoms with Crippen LogP contribution in [0.15, 0.2) is 48.5 Å². The van der Waals surface area contributed by atoms with Gasteiger partial charge in [-0.05, 0) is 30.2 Å². The Morgan fingerprint density at radius 1 is 1.19 bits per heavy atom. The van der Waals surface area contributed by atoms with Crippen molar-refractivity contribution in [2.75, 3.05) is 7.05 Å². The number of hydrogen-bond donors (Lipinski definition) is 1. The highest BCUT2D eigenvalue weighted by atomic mass is 16.6. The van der Waals surface area contributed by atoms with Crippen LogP contribution < -0.4 is 5.32 Å². The van der Waals surface area contributed by atoms with Gasteiger partial charge in [-0.2, -0.15) is 0 Å². The highest BCUT2D eigenvalue weighted by Gasteiger charge is 2.20. The Bertz CT molecular complexity index is 818. The topological polar surface area (TPSA) is 92.6 Å². The fourth-order valence-electron chi connectivity index (χ4n) is 2.49. The summed E-state index contributed by atoms with van der Waals surface area (Å²) in [5, 5.41) is 13.6. The predicted octanol–water partition coefficient (Wildman–Crippen LogP) is 3.06. The molecule has 136 valence electrons. The van der Waals surface area contributed by atoms with Crippen molar-refractivity contribution in [3.63, 3.8) is 0 Å². The van der Waals surface area contributed by atoms with Crippen LogP contribution in [0, 0.1) is 10.1 Å². The smallest absolute Gasteiger partial charge is 0.269 e. The highest BCUT2D eigenvalue weighted by Crippen LogP contribution is 2.24. The monoisotopic (exact) mass is 355 g/mol. The minimum atomic E-state index is -0.453. The van der Waals surface area contributed by atoms with Crippen molar-refractivity contribution in [1.29, 1.82) is 0 Å². The third kappa shape index (κ3) is 4.66. The summed E-state index contributed by atoms with van der Waals surface area (Å²) >= 11 is 0. The molecule has 7 nitrogen and oxygen atoms in total. The zero-order valence-electron chi connectivity index (χ0n) is 14.9. The van der Waals surface area contributed by atoms with E-state index in [1.165, 1.54) is 19.1 Å². The number of hydrogen-bond acceptors (Lipinski definition) is 4. The van der Waals surface area contributed by atoms with Crippen molar-refractivity contribution >= 4 is 17.5 Å². The molecule has 26 heavy (non-hydrogen) atoms. The SMILES string of the molecule is CC(=O)NCc1ccc(C(=O)N(C)[C@@H](C)c2cccc([N+](=O)[O-])c2)cc1. The van der Waals surface area contributed by atoms with Gasteiger partial charge in [0, 0.05) is 38.2 Å². The van der Waals surface area contributed by atoms with Gasteiger partial charge in [-0.3, -0.25) is 19.7 Å². The van der Waals surface area contributed by atoms with Crippen LogP contribution in [0.4, 0.5) is 5.69 Å². The van der Waals surface area contributed by atoms with E-state index >= 15 is 0 Å². The molecule has 1 atom stereocenters. The molecule has 0 heterocycles. The lowest BCUT2D eigenvalue weighted by molar-refractivity contribution is -0.384. The summed E-state index contributed by atoms with van der Waals surface area (Å²) in [6.07, 6.45) is 0. The molecule has 0 aromatic heterocycles. The number of rotatable bonds is 6. The van der Waals surface area contributed by atoms with E-state index < -0.39 is 4.92 Å². The van der Waals surface area contributed by atoms with Crippen molar-refractivity contribution in [3.8, 4) is 0 Å². The molecule has 0 spiro atoms. The molecule has 0 saturated carbocycles. The summed E-state index contributed by atoms with van der Waals surface area (Å²) in [6, 6.07) is 12.9. The molecule has 0 aliphatic heterocycles. The number of nitro benzene ring substituents is 1. The number of nitrogens with one attached hydrogen (secondary N) is 1. The van der Waals surface area contributed by atoms with Crippen LogP contribution in [-0.2, 0) is 11.3 Å². The van der Waals surface area contributed by atoms with Crippen molar-refractivity contribution in [1.82, 2.24) is 10.2 Å². The van der Waals surface area contributed by atoms with Crippen LogP contribution in [0.3, 0.4) is 0 Å². The first-order valence-corrected chi connectivity index (χ1v) is 8.14. The van der Waals surface area contributed by atoms with Gasteiger partial charge in [-0.1, -0.05) is 24.3 Å². The summed E-state index contributed by atoms with van der Waals surface area (Å²) in [6.45, 7) is 3.67. The Hall–Kier alpha value is -3.22. The molecule has 0 bridgehead atoms. The van der Waals surface area contributed by atoms with E-state index in [0.717, 1.165) is 5.56 Å². The summed E-state index contributed by atoms with van der Waals surface area (Å²) in [4.78, 5) is 35.6. The lowest BCUT2D eigenvalue weighted by atomic mass is 10.0. The first kappa shape index (κ1) is 19.1. The Morgan fingerprint density at radius 3 is 2.42 bits per heavy atom. The van der Waals surface area contributed by atoms with Gasteiger partial charge in [0.05, 0.1) is 11.0 Å². The number of nitro groups is 1. The third-order valence-electron chi connectivity index (χ3n) is 4.21. The molecule has 7 heteroatoms. The average molecular weight is 355 g/mol. The molecule has 2 aromatic rings. The molecule has 0 aliphatic rings. The van der Waals surface area contributed by atoms with E-state index in [1.807, 2.05) is 6.92 Å². The summed E-state index contributed by atoms with van der Waals surface area (Å²) in [5.74, 6) is -0.300. The molecule has 0 radical (unpaired) electrons. The number of nitrogens with zero attached hydrogens (tertiary/aromatic N) is 2. The van der Waals surface area contributed by atoms with Gasteiger partial charge in [-0.15, -0.1) is 0 Å². The van der Waals surface area contributed by atoms with Gasteiger partial charge >= 0.3 is 0 Å². The van der Waals surface area contributed by atoms with Gasteiger partial charge in [0.15, 0.2) is 0 Å². The molecular formula is C19H21N3O4. The quantitative estimate of drug-likeness (QED) is 0.637. The van der Waals surface area contributed by atoms with E-state index in [9.17, 15) is 19.7 Å². The van der Waals surface area contributed by atoms with Crippen LogP contribution in [0.25, 0.3) is 0 Å². The summed E-state index contributed by atoms with van der Waals surface area (Å²) in [7, 11) is 1.66. The first-order valence-electron chi connectivity index (χ1n) is 8.14. The molecule has 2 aromatic carbocycles. The zero-order chi connectivity index (χ0) is 19.3. The van der Waals surface area contributed by atoms with E-state index in [1.54, 1.807) is 48.3 Å². The number of carbonyl (C=O) groups is 2. The molecule has 0 aliphatic carbocycles. The first-order chi connectivity index (χ1) is 12.3. The number of carbonyl (C=O) groups excluding carboxylic acids is 2. The second kappa shape index (κ2) is 8.24. The molecular weight excluding hydrogens is 334 g/mol. The minimum Gasteiger partial charge on any atom is -0.352 e. The fraction of sp³-hybridized carbons (Fsp3) is 0.263. The second-order valence-corrected chi connectivity index (χ2v) is 6.05. The predicted molar refractivity (Wildman–Crippen MR) is 97.6 cm³/mol. The molecule has 1 N–H and O–H groups in total. The van der Waals surface area contributed by atoms with Crippen molar-refractivity contribution < 1.29 is 14.5 Å². The Kier molecular flexibility index (Phi) is 6.06. The molecule has 0 fully saturated rings. The van der Waals surface area contributed by atoms with Crippen LogP contribution in [0.5, 0.6) is 0 Å². The maximum absolute atomic E-state index is 12.7. The Balaban J connectivity index is 2.12. The summed E-state index contributed by atoms with van der Waals surface area (Å²) < 4.78 is 0. The molecule has 2 rings (SSSR count). The number of non-ortho nitro benzene ring substituents is 1. The Labute approximate surface area is 151 Å². The van der Waals surface area contributed by atoms with Crippen LogP contribution in [-0.4, -0.2) is 28.7 Å². The molecule has 2 amide bonds. The highest BCUT2D eigenvalue weighted by molar-refractivity contribution is 5.94. The van der Waals surface area contributed by atoms with Crippen molar-refractivity contribution in [3.05, 3.63) is 75.3 Å². The van der Waals surface area contributed by atoms with Gasteiger partial charge < -0.3 is 10.2 Å². The van der Waals surface area contributed by atoms with Gasteiger partial charge in [0.1, 0.15) is 0 Å². The lowest BCUT2D eigenvalue weighted by Crippen LogP contribution is -2.29.